The minimum absolute atomic E-state index is 0.189. The molecule has 5 heteroatoms. The lowest BCUT2D eigenvalue weighted by Crippen LogP contribution is -2.19. The van der Waals surface area contributed by atoms with E-state index in [9.17, 15) is 18.0 Å². The second-order valence-electron chi connectivity index (χ2n) is 6.62. The maximum atomic E-state index is 13.1. The molecule has 0 unspecified atom stereocenters. The highest BCUT2D eigenvalue weighted by Crippen LogP contribution is 2.33. The van der Waals surface area contributed by atoms with E-state index in [1.54, 1.807) is 12.1 Å². The topological polar surface area (TPSA) is 29.1 Å². The van der Waals surface area contributed by atoms with Crippen molar-refractivity contribution in [3.63, 3.8) is 0 Å². The van der Waals surface area contributed by atoms with Crippen LogP contribution in [0, 0.1) is 5.92 Å². The molecular weight excluding hydrogens is 327 g/mol. The molecule has 0 radical (unpaired) electrons. The van der Waals surface area contributed by atoms with Gasteiger partial charge in [0.15, 0.2) is 0 Å². The van der Waals surface area contributed by atoms with E-state index in [4.69, 9.17) is 0 Å². The normalized spacial score (nSPS) is 12.9. The number of carbonyl (C=O) groups is 1. The van der Waals surface area contributed by atoms with Crippen molar-refractivity contribution in [1.82, 2.24) is 0 Å². The number of para-hydroxylation sites is 1. The van der Waals surface area contributed by atoms with E-state index in [1.165, 1.54) is 18.2 Å². The van der Waals surface area contributed by atoms with Gasteiger partial charge in [-0.15, -0.1) is 0 Å². The highest BCUT2D eigenvalue weighted by molar-refractivity contribution is 6.05. The van der Waals surface area contributed by atoms with Crippen LogP contribution in [-0.2, 0) is 6.18 Å². The number of hydrogen-bond donors (Lipinski definition) is 1. The second kappa shape index (κ2) is 7.72. The highest BCUT2D eigenvalue weighted by Gasteiger charge is 2.34. The van der Waals surface area contributed by atoms with Crippen LogP contribution >= 0.6 is 0 Å². The third-order valence-corrected chi connectivity index (χ3v) is 4.04. The number of benzene rings is 2. The smallest absolute Gasteiger partial charge is 0.322 e. The summed E-state index contributed by atoms with van der Waals surface area (Å²) in [5.41, 5.74) is 0.174. The van der Waals surface area contributed by atoms with Crippen LogP contribution in [0.1, 0.15) is 54.6 Å². The summed E-state index contributed by atoms with van der Waals surface area (Å²) >= 11 is 0. The molecule has 0 spiro atoms. The zero-order chi connectivity index (χ0) is 18.6. The van der Waals surface area contributed by atoms with Crippen molar-refractivity contribution in [2.45, 2.75) is 39.3 Å². The lowest BCUT2D eigenvalue weighted by Gasteiger charge is -2.19. The number of halogens is 3. The van der Waals surface area contributed by atoms with Crippen LogP contribution in [-0.4, -0.2) is 5.91 Å². The van der Waals surface area contributed by atoms with E-state index in [1.807, 2.05) is 12.1 Å². The van der Waals surface area contributed by atoms with Crippen molar-refractivity contribution in [2.24, 2.45) is 5.92 Å². The van der Waals surface area contributed by atoms with Gasteiger partial charge in [-0.2, -0.15) is 13.2 Å². The summed E-state index contributed by atoms with van der Waals surface area (Å²) in [6.07, 6.45) is -3.65. The molecule has 2 nitrogen and oxygen atoms in total. The first kappa shape index (κ1) is 19.0. The molecule has 1 N–H and O–H groups in total. The Morgan fingerprint density at radius 3 is 2.24 bits per heavy atom. The van der Waals surface area contributed by atoms with Crippen molar-refractivity contribution in [1.29, 1.82) is 0 Å². The fourth-order valence-electron chi connectivity index (χ4n) is 2.99. The van der Waals surface area contributed by atoms with Gasteiger partial charge in [0.1, 0.15) is 0 Å². The van der Waals surface area contributed by atoms with Gasteiger partial charge in [0.2, 0.25) is 0 Å². The van der Waals surface area contributed by atoms with Crippen molar-refractivity contribution in [2.75, 3.05) is 5.32 Å². The molecule has 0 saturated carbocycles. The van der Waals surface area contributed by atoms with Crippen LogP contribution in [0.4, 0.5) is 18.9 Å². The lowest BCUT2D eigenvalue weighted by atomic mass is 9.91. The van der Waals surface area contributed by atoms with Crippen LogP contribution in [0.15, 0.2) is 48.5 Å². The predicted molar refractivity (Wildman–Crippen MR) is 93.7 cm³/mol. The summed E-state index contributed by atoms with van der Waals surface area (Å²) in [6, 6.07) is 12.1. The Labute approximate surface area is 146 Å². The Hall–Kier alpha value is -2.30. The Morgan fingerprint density at radius 1 is 1.00 bits per heavy atom. The summed E-state index contributed by atoms with van der Waals surface area (Å²) in [6.45, 7) is 6.27. The first-order valence-electron chi connectivity index (χ1n) is 8.26. The van der Waals surface area contributed by atoms with E-state index in [2.05, 4.69) is 26.1 Å². The molecular formula is C20H22F3NO. The predicted octanol–water partition coefficient (Wildman–Crippen LogP) is 6.11. The molecule has 0 fully saturated rings. The zero-order valence-electron chi connectivity index (χ0n) is 14.5. The van der Waals surface area contributed by atoms with Gasteiger partial charge < -0.3 is 5.32 Å². The molecule has 2 aromatic carbocycles. The van der Waals surface area contributed by atoms with Crippen LogP contribution in [0.3, 0.4) is 0 Å². The highest BCUT2D eigenvalue weighted by atomic mass is 19.4. The number of nitrogens with one attached hydrogen (secondary N) is 1. The third-order valence-electron chi connectivity index (χ3n) is 4.04. The van der Waals surface area contributed by atoms with Gasteiger partial charge in [0.25, 0.3) is 5.91 Å². The van der Waals surface area contributed by atoms with E-state index < -0.39 is 17.6 Å². The fourth-order valence-corrected chi connectivity index (χ4v) is 2.99. The second-order valence-corrected chi connectivity index (χ2v) is 6.62. The van der Waals surface area contributed by atoms with Gasteiger partial charge in [0.05, 0.1) is 11.1 Å². The Kier molecular flexibility index (Phi) is 5.88. The number of anilines is 1. The molecule has 1 amide bonds. The van der Waals surface area contributed by atoms with E-state index in [0.29, 0.717) is 11.6 Å². The molecule has 25 heavy (non-hydrogen) atoms. The molecule has 0 aliphatic heterocycles. The SMILES string of the molecule is CC(C)C[C@H](C)c1ccccc1NC(=O)c1ccccc1C(F)(F)F. The third kappa shape index (κ3) is 4.84. The Balaban J connectivity index is 2.31. The summed E-state index contributed by atoms with van der Waals surface area (Å²) < 4.78 is 39.4. The van der Waals surface area contributed by atoms with Crippen molar-refractivity contribution >= 4 is 11.6 Å². The molecule has 0 aromatic heterocycles. The van der Waals surface area contributed by atoms with Gasteiger partial charge in [-0.1, -0.05) is 51.1 Å². The van der Waals surface area contributed by atoms with E-state index >= 15 is 0 Å². The average Bonchev–Trinajstić information content (AvgIpc) is 2.54. The molecule has 1 atom stereocenters. The molecule has 0 aliphatic carbocycles. The Bertz CT molecular complexity index is 738. The van der Waals surface area contributed by atoms with Crippen molar-refractivity contribution in [3.05, 3.63) is 65.2 Å². The number of hydrogen-bond acceptors (Lipinski definition) is 1. The number of amides is 1. The molecule has 0 saturated heterocycles. The van der Waals surface area contributed by atoms with Gasteiger partial charge >= 0.3 is 6.18 Å². The Morgan fingerprint density at radius 2 is 1.60 bits per heavy atom. The van der Waals surface area contributed by atoms with Crippen LogP contribution in [0.25, 0.3) is 0 Å². The van der Waals surface area contributed by atoms with Gasteiger partial charge in [-0.3, -0.25) is 4.79 Å². The van der Waals surface area contributed by atoms with Gasteiger partial charge in [-0.05, 0) is 42.0 Å². The largest absolute Gasteiger partial charge is 0.417 e. The van der Waals surface area contributed by atoms with Crippen molar-refractivity contribution in [3.8, 4) is 0 Å². The summed E-state index contributed by atoms with van der Waals surface area (Å²) in [7, 11) is 0. The van der Waals surface area contributed by atoms with Gasteiger partial charge in [-0.25, -0.2) is 0 Å². The first-order valence-corrected chi connectivity index (χ1v) is 8.26. The van der Waals surface area contributed by atoms with Crippen LogP contribution in [0.5, 0.6) is 0 Å². The molecule has 134 valence electrons. The quantitative estimate of drug-likeness (QED) is 0.693. The molecule has 2 rings (SSSR count). The molecule has 2 aromatic rings. The summed E-state index contributed by atoms with van der Waals surface area (Å²) in [5, 5.41) is 2.65. The summed E-state index contributed by atoms with van der Waals surface area (Å²) in [4.78, 5) is 12.5. The van der Waals surface area contributed by atoms with E-state index in [0.717, 1.165) is 18.1 Å². The van der Waals surface area contributed by atoms with Gasteiger partial charge in [0, 0.05) is 5.69 Å². The summed E-state index contributed by atoms with van der Waals surface area (Å²) in [5.74, 6) is -0.0869. The average molecular weight is 349 g/mol. The number of carbonyl (C=O) groups excluding carboxylic acids is 1. The van der Waals surface area contributed by atoms with Crippen LogP contribution < -0.4 is 5.32 Å². The maximum Gasteiger partial charge on any atom is 0.417 e. The molecule has 0 bridgehead atoms. The molecule has 0 heterocycles. The van der Waals surface area contributed by atoms with Crippen LogP contribution in [0.2, 0.25) is 0 Å². The van der Waals surface area contributed by atoms with Crippen molar-refractivity contribution < 1.29 is 18.0 Å². The lowest BCUT2D eigenvalue weighted by molar-refractivity contribution is -0.137. The first-order chi connectivity index (χ1) is 11.7. The zero-order valence-corrected chi connectivity index (χ0v) is 14.5. The standard InChI is InChI=1S/C20H22F3NO/c1-13(2)12-14(3)15-8-5-7-11-18(15)24-19(25)16-9-4-6-10-17(16)20(21,22)23/h4-11,13-14H,12H2,1-3H3,(H,24,25)/t14-/m0/s1. The van der Waals surface area contributed by atoms with E-state index in [-0.39, 0.29) is 11.5 Å². The minimum Gasteiger partial charge on any atom is -0.322 e. The maximum absolute atomic E-state index is 13.1. The fraction of sp³-hybridized carbons (Fsp3) is 0.350. The molecule has 0 aliphatic rings. The monoisotopic (exact) mass is 349 g/mol. The number of rotatable bonds is 5. The minimum atomic E-state index is -4.57. The number of alkyl halides is 3.